The monoisotopic (exact) mass is 398 g/mol. The molecule has 3 atom stereocenters. The summed E-state index contributed by atoms with van der Waals surface area (Å²) in [6, 6.07) is 10.1. The van der Waals surface area contributed by atoms with Crippen LogP contribution in [0.3, 0.4) is 0 Å². The number of aliphatic hydroxyl groups excluding tert-OH is 1. The molecule has 0 aliphatic carbocycles. The molecule has 2 fully saturated rings. The van der Waals surface area contributed by atoms with E-state index in [1.54, 1.807) is 10.6 Å². The van der Waals surface area contributed by atoms with Gasteiger partial charge in [0, 0.05) is 44.1 Å². The third-order valence-corrected chi connectivity index (χ3v) is 6.37. The van der Waals surface area contributed by atoms with Crippen molar-refractivity contribution in [2.45, 2.75) is 70.2 Å². The normalized spacial score (nSPS) is 24.3. The summed E-state index contributed by atoms with van der Waals surface area (Å²) in [4.78, 5) is 28.5. The highest BCUT2D eigenvalue weighted by Crippen LogP contribution is 2.37. The molecule has 1 unspecified atom stereocenters. The Morgan fingerprint density at radius 1 is 1.21 bits per heavy atom. The molecular weight excluding hydrogens is 368 g/mol. The van der Waals surface area contributed by atoms with Crippen LogP contribution in [0, 0.1) is 0 Å². The van der Waals surface area contributed by atoms with Crippen molar-refractivity contribution in [3.63, 3.8) is 0 Å². The van der Waals surface area contributed by atoms with Crippen LogP contribution in [0.5, 0.6) is 0 Å². The van der Waals surface area contributed by atoms with Crippen molar-refractivity contribution >= 4 is 16.9 Å². The Hall–Kier alpha value is -2.18. The number of carbonyl (C=O) groups excluding carboxylic acids is 1. The van der Waals surface area contributed by atoms with Crippen LogP contribution in [0.4, 0.5) is 0 Å². The average Bonchev–Trinajstić information content (AvgIpc) is 2.93. The maximum absolute atomic E-state index is 13.0. The number of fused-ring (bicyclic) bond motifs is 3. The van der Waals surface area contributed by atoms with Gasteiger partial charge in [0.15, 0.2) is 0 Å². The minimum Gasteiger partial charge on any atom is -0.459 e. The largest absolute Gasteiger partial charge is 0.459 e. The number of hydrogen-bond acceptors (Lipinski definition) is 5. The van der Waals surface area contributed by atoms with Crippen molar-refractivity contribution in [3.8, 4) is 0 Å². The topological polar surface area (TPSA) is 71.8 Å². The van der Waals surface area contributed by atoms with Crippen LogP contribution in [-0.4, -0.2) is 51.9 Å². The molecule has 0 amide bonds. The van der Waals surface area contributed by atoms with Gasteiger partial charge in [-0.1, -0.05) is 18.2 Å². The van der Waals surface area contributed by atoms with Crippen molar-refractivity contribution in [3.05, 3.63) is 46.2 Å². The van der Waals surface area contributed by atoms with E-state index in [0.29, 0.717) is 12.1 Å². The van der Waals surface area contributed by atoms with Crippen LogP contribution >= 0.6 is 0 Å². The zero-order chi connectivity index (χ0) is 20.5. The van der Waals surface area contributed by atoms with E-state index in [1.807, 2.05) is 38.1 Å². The van der Waals surface area contributed by atoms with Gasteiger partial charge in [-0.25, -0.2) is 4.79 Å². The first-order valence-electron chi connectivity index (χ1n) is 10.7. The average molecular weight is 399 g/mol. The Kier molecular flexibility index (Phi) is 5.74. The Labute approximate surface area is 171 Å². The molecule has 156 valence electrons. The number of carbonyl (C=O) groups is 1. The molecule has 2 aromatic rings. The number of aromatic nitrogens is 1. The molecule has 1 aromatic carbocycles. The van der Waals surface area contributed by atoms with E-state index in [0.717, 1.165) is 49.6 Å². The Balaban J connectivity index is 1.55. The highest BCUT2D eigenvalue weighted by molar-refractivity contribution is 5.94. The summed E-state index contributed by atoms with van der Waals surface area (Å²) in [7, 11) is 0. The molecule has 6 nitrogen and oxygen atoms in total. The van der Waals surface area contributed by atoms with Crippen LogP contribution in [0.2, 0.25) is 0 Å². The zero-order valence-corrected chi connectivity index (χ0v) is 17.2. The molecular formula is C23H30N2O4. The van der Waals surface area contributed by atoms with Crippen molar-refractivity contribution in [2.24, 2.45) is 0 Å². The summed E-state index contributed by atoms with van der Waals surface area (Å²) < 4.78 is 7.52. The number of aliphatic hydroxyl groups is 1. The maximum atomic E-state index is 13.0. The van der Waals surface area contributed by atoms with E-state index >= 15 is 0 Å². The molecule has 0 saturated carbocycles. The van der Waals surface area contributed by atoms with Crippen LogP contribution in [0.25, 0.3) is 10.9 Å². The first-order chi connectivity index (χ1) is 14.0. The lowest BCUT2D eigenvalue weighted by Crippen LogP contribution is -2.46. The molecule has 3 heterocycles. The molecule has 4 rings (SSSR count). The Morgan fingerprint density at radius 3 is 2.55 bits per heavy atom. The minimum absolute atomic E-state index is 0.0502. The highest BCUT2D eigenvalue weighted by Gasteiger charge is 2.41. The van der Waals surface area contributed by atoms with E-state index in [4.69, 9.17) is 9.84 Å². The van der Waals surface area contributed by atoms with E-state index in [2.05, 4.69) is 4.90 Å². The molecule has 2 aliphatic heterocycles. The van der Waals surface area contributed by atoms with Crippen molar-refractivity contribution < 1.29 is 14.6 Å². The third-order valence-electron chi connectivity index (χ3n) is 6.37. The third kappa shape index (κ3) is 3.83. The van der Waals surface area contributed by atoms with Gasteiger partial charge in [0.25, 0.3) is 5.56 Å². The fraction of sp³-hybridized carbons (Fsp3) is 0.565. The van der Waals surface area contributed by atoms with E-state index < -0.39 is 5.97 Å². The predicted molar refractivity (Wildman–Crippen MR) is 112 cm³/mol. The Morgan fingerprint density at radius 2 is 1.90 bits per heavy atom. The van der Waals surface area contributed by atoms with Gasteiger partial charge in [0.05, 0.1) is 5.52 Å². The smallest absolute Gasteiger partial charge is 0.344 e. The number of rotatable bonds is 6. The van der Waals surface area contributed by atoms with Crippen molar-refractivity contribution in [1.82, 2.24) is 9.47 Å². The minimum atomic E-state index is -0.511. The van der Waals surface area contributed by atoms with E-state index in [1.165, 1.54) is 0 Å². The van der Waals surface area contributed by atoms with Crippen LogP contribution in [0.1, 0.15) is 62.4 Å². The quantitative estimate of drug-likeness (QED) is 0.757. The number of ether oxygens (including phenoxy) is 1. The van der Waals surface area contributed by atoms with Crippen LogP contribution in [-0.2, 0) is 4.74 Å². The molecule has 2 saturated heterocycles. The number of benzene rings is 1. The lowest BCUT2D eigenvalue weighted by atomic mass is 9.99. The number of para-hydroxylation sites is 1. The zero-order valence-electron chi connectivity index (χ0n) is 17.2. The summed E-state index contributed by atoms with van der Waals surface area (Å²) in [5, 5.41) is 9.99. The molecule has 0 radical (unpaired) electrons. The van der Waals surface area contributed by atoms with Gasteiger partial charge in [-0.05, 0) is 50.6 Å². The summed E-state index contributed by atoms with van der Waals surface area (Å²) in [6.45, 7) is 5.00. The van der Waals surface area contributed by atoms with E-state index in [9.17, 15) is 9.59 Å². The van der Waals surface area contributed by atoms with Gasteiger partial charge in [-0.2, -0.15) is 0 Å². The van der Waals surface area contributed by atoms with Crippen molar-refractivity contribution in [2.75, 3.05) is 13.2 Å². The maximum Gasteiger partial charge on any atom is 0.344 e. The SMILES string of the molecule is CC(C)n1c(=O)c(C(=O)OC2C[C@H]3CC[C@@H](C2)N3CCCO)cc2ccccc21. The van der Waals surface area contributed by atoms with Gasteiger partial charge in [0.2, 0.25) is 0 Å². The molecule has 1 N–H and O–H groups in total. The number of pyridine rings is 1. The summed E-state index contributed by atoms with van der Waals surface area (Å²) in [6.07, 6.45) is 4.46. The Bertz CT molecular complexity index is 938. The highest BCUT2D eigenvalue weighted by atomic mass is 16.5. The summed E-state index contributed by atoms with van der Waals surface area (Å²) in [5.74, 6) is -0.511. The first-order valence-corrected chi connectivity index (χ1v) is 10.7. The van der Waals surface area contributed by atoms with Crippen LogP contribution < -0.4 is 5.56 Å². The second-order valence-corrected chi connectivity index (χ2v) is 8.58. The second kappa shape index (κ2) is 8.28. The van der Waals surface area contributed by atoms with Gasteiger partial charge in [-0.15, -0.1) is 0 Å². The van der Waals surface area contributed by atoms with Gasteiger partial charge in [-0.3, -0.25) is 9.69 Å². The predicted octanol–water partition coefficient (Wildman–Crippen LogP) is 3.12. The summed E-state index contributed by atoms with van der Waals surface area (Å²) in [5.41, 5.74) is 0.666. The molecule has 6 heteroatoms. The standard InChI is InChI=1S/C23H30N2O4/c1-15(2)25-21-7-4-3-6-16(21)12-20(22(25)27)23(28)29-19-13-17-8-9-18(14-19)24(17)10-5-11-26/h3-4,6-7,12,15,17-19,26H,5,8-11,13-14H2,1-2H3/t17-,18+,19?. The fourth-order valence-electron chi connectivity index (χ4n) is 5.10. The number of esters is 1. The number of nitrogens with zero attached hydrogens (tertiary/aromatic N) is 2. The van der Waals surface area contributed by atoms with Crippen LogP contribution in [0.15, 0.2) is 35.1 Å². The van der Waals surface area contributed by atoms with Gasteiger partial charge < -0.3 is 14.4 Å². The number of hydrogen-bond donors (Lipinski definition) is 1. The lowest BCUT2D eigenvalue weighted by Gasteiger charge is -2.38. The fourth-order valence-corrected chi connectivity index (χ4v) is 5.10. The molecule has 0 spiro atoms. The van der Waals surface area contributed by atoms with Gasteiger partial charge >= 0.3 is 5.97 Å². The van der Waals surface area contributed by atoms with E-state index in [-0.39, 0.29) is 29.9 Å². The summed E-state index contributed by atoms with van der Waals surface area (Å²) >= 11 is 0. The molecule has 2 aliphatic rings. The first kappa shape index (κ1) is 20.1. The van der Waals surface area contributed by atoms with Crippen molar-refractivity contribution in [1.29, 1.82) is 0 Å². The molecule has 29 heavy (non-hydrogen) atoms. The van der Waals surface area contributed by atoms with Gasteiger partial charge in [0.1, 0.15) is 11.7 Å². The second-order valence-electron chi connectivity index (χ2n) is 8.58. The molecule has 1 aromatic heterocycles. The lowest BCUT2D eigenvalue weighted by molar-refractivity contribution is -0.00711. The molecule has 2 bridgehead atoms. The number of piperidine rings is 1.